The van der Waals surface area contributed by atoms with Gasteiger partial charge in [0.1, 0.15) is 5.76 Å². The minimum absolute atomic E-state index is 0.0283. The molecule has 0 atom stereocenters. The molecule has 0 aliphatic rings. The summed E-state index contributed by atoms with van der Waals surface area (Å²) in [5, 5.41) is 0. The van der Waals surface area contributed by atoms with Crippen LogP contribution in [0.2, 0.25) is 0 Å². The van der Waals surface area contributed by atoms with Gasteiger partial charge in [-0.3, -0.25) is 4.79 Å². The first-order valence-electron chi connectivity index (χ1n) is 8.90. The van der Waals surface area contributed by atoms with Crippen molar-refractivity contribution in [3.05, 3.63) is 77.2 Å². The second kappa shape index (κ2) is 8.00. The lowest BCUT2D eigenvalue weighted by molar-refractivity contribution is -0.129. The summed E-state index contributed by atoms with van der Waals surface area (Å²) in [6, 6.07) is 18.1. The zero-order chi connectivity index (χ0) is 18.5. The van der Waals surface area contributed by atoms with Gasteiger partial charge in [0.15, 0.2) is 0 Å². The second-order valence-corrected chi connectivity index (χ2v) is 6.48. The highest BCUT2D eigenvalue weighted by Crippen LogP contribution is 2.22. The number of carbonyl (C=O) groups is 1. The highest BCUT2D eigenvalue weighted by Gasteiger charge is 2.17. The van der Waals surface area contributed by atoms with Crippen LogP contribution in [0.3, 0.4) is 0 Å². The molecule has 1 amide bonds. The Hall–Kier alpha value is -2.88. The minimum Gasteiger partial charge on any atom is -0.441 e. The SMILES string of the molecule is CCc1ccc(CN(C)C(=O)Cc2nc(-c3ccccc3)oc2C)cc1. The topological polar surface area (TPSA) is 46.3 Å². The van der Waals surface area contributed by atoms with E-state index in [1.165, 1.54) is 5.56 Å². The normalized spacial score (nSPS) is 10.7. The molecule has 0 fully saturated rings. The fraction of sp³-hybridized carbons (Fsp3) is 0.273. The van der Waals surface area contributed by atoms with Crippen LogP contribution in [0, 0.1) is 6.92 Å². The van der Waals surface area contributed by atoms with Crippen LogP contribution in [0.5, 0.6) is 0 Å². The van der Waals surface area contributed by atoms with Gasteiger partial charge in [0.2, 0.25) is 11.8 Å². The van der Waals surface area contributed by atoms with E-state index in [2.05, 4.69) is 36.2 Å². The van der Waals surface area contributed by atoms with E-state index in [9.17, 15) is 4.79 Å². The van der Waals surface area contributed by atoms with Crippen molar-refractivity contribution in [1.29, 1.82) is 0 Å². The van der Waals surface area contributed by atoms with Crippen LogP contribution in [0.25, 0.3) is 11.5 Å². The van der Waals surface area contributed by atoms with Gasteiger partial charge in [-0.1, -0.05) is 49.4 Å². The molecule has 4 nitrogen and oxygen atoms in total. The Kier molecular flexibility index (Phi) is 5.52. The number of likely N-dealkylation sites (N-methyl/N-ethyl adjacent to an activating group) is 1. The monoisotopic (exact) mass is 348 g/mol. The molecule has 3 aromatic rings. The number of hydrogen-bond donors (Lipinski definition) is 0. The van der Waals surface area contributed by atoms with Gasteiger partial charge in [-0.05, 0) is 36.6 Å². The van der Waals surface area contributed by atoms with Crippen molar-refractivity contribution in [1.82, 2.24) is 9.88 Å². The van der Waals surface area contributed by atoms with Crippen LogP contribution < -0.4 is 0 Å². The number of aryl methyl sites for hydroxylation is 2. The smallest absolute Gasteiger partial charge is 0.228 e. The molecule has 0 bridgehead atoms. The van der Waals surface area contributed by atoms with Gasteiger partial charge in [0, 0.05) is 19.2 Å². The van der Waals surface area contributed by atoms with E-state index >= 15 is 0 Å². The van der Waals surface area contributed by atoms with Crippen molar-refractivity contribution >= 4 is 5.91 Å². The maximum atomic E-state index is 12.6. The fourth-order valence-electron chi connectivity index (χ4n) is 2.82. The third-order valence-electron chi connectivity index (χ3n) is 4.51. The molecule has 134 valence electrons. The number of carbonyl (C=O) groups excluding carboxylic acids is 1. The first-order chi connectivity index (χ1) is 12.6. The van der Waals surface area contributed by atoms with Crippen molar-refractivity contribution in [3.63, 3.8) is 0 Å². The third kappa shape index (κ3) is 4.20. The summed E-state index contributed by atoms with van der Waals surface area (Å²) in [6.45, 7) is 4.57. The Labute approximate surface area is 154 Å². The van der Waals surface area contributed by atoms with E-state index in [1.54, 1.807) is 4.90 Å². The van der Waals surface area contributed by atoms with Gasteiger partial charge in [-0.15, -0.1) is 0 Å². The molecule has 4 heteroatoms. The quantitative estimate of drug-likeness (QED) is 0.663. The Balaban J connectivity index is 1.66. The number of oxazole rings is 1. The number of benzene rings is 2. The van der Waals surface area contributed by atoms with E-state index in [4.69, 9.17) is 4.42 Å². The zero-order valence-corrected chi connectivity index (χ0v) is 15.5. The molecule has 0 unspecified atom stereocenters. The summed E-state index contributed by atoms with van der Waals surface area (Å²) in [5.74, 6) is 1.28. The average molecular weight is 348 g/mol. The summed E-state index contributed by atoms with van der Waals surface area (Å²) < 4.78 is 5.74. The highest BCUT2D eigenvalue weighted by molar-refractivity contribution is 5.78. The van der Waals surface area contributed by atoms with Crippen LogP contribution in [0.15, 0.2) is 59.0 Å². The molecule has 0 saturated heterocycles. The van der Waals surface area contributed by atoms with Gasteiger partial charge < -0.3 is 9.32 Å². The largest absolute Gasteiger partial charge is 0.441 e. The second-order valence-electron chi connectivity index (χ2n) is 6.48. The van der Waals surface area contributed by atoms with Crippen LogP contribution in [0.1, 0.15) is 29.5 Å². The molecule has 0 aliphatic carbocycles. The van der Waals surface area contributed by atoms with E-state index < -0.39 is 0 Å². The molecule has 0 radical (unpaired) electrons. The van der Waals surface area contributed by atoms with Gasteiger partial charge in [0.25, 0.3) is 0 Å². The lowest BCUT2D eigenvalue weighted by atomic mass is 10.1. The first kappa shape index (κ1) is 17.9. The molecule has 2 aromatic carbocycles. The van der Waals surface area contributed by atoms with Gasteiger partial charge >= 0.3 is 0 Å². The fourth-order valence-corrected chi connectivity index (χ4v) is 2.82. The lowest BCUT2D eigenvalue weighted by Crippen LogP contribution is -2.28. The van der Waals surface area contributed by atoms with E-state index in [1.807, 2.05) is 44.3 Å². The number of rotatable bonds is 6. The number of aromatic nitrogens is 1. The van der Waals surface area contributed by atoms with E-state index in [-0.39, 0.29) is 12.3 Å². The molecule has 0 saturated carbocycles. The third-order valence-corrected chi connectivity index (χ3v) is 4.51. The highest BCUT2D eigenvalue weighted by atomic mass is 16.4. The molecular weight excluding hydrogens is 324 g/mol. The summed E-state index contributed by atoms with van der Waals surface area (Å²) in [5.41, 5.74) is 4.04. The van der Waals surface area contributed by atoms with Crippen LogP contribution in [0.4, 0.5) is 0 Å². The molecule has 0 N–H and O–H groups in total. The van der Waals surface area contributed by atoms with Crippen LogP contribution in [-0.4, -0.2) is 22.8 Å². The van der Waals surface area contributed by atoms with Gasteiger partial charge in [-0.2, -0.15) is 0 Å². The molecule has 0 aliphatic heterocycles. The van der Waals surface area contributed by atoms with Crippen molar-refractivity contribution in [2.45, 2.75) is 33.2 Å². The zero-order valence-electron chi connectivity index (χ0n) is 15.5. The molecule has 1 aromatic heterocycles. The minimum atomic E-state index is 0.0283. The van der Waals surface area contributed by atoms with Crippen molar-refractivity contribution in [2.24, 2.45) is 0 Å². The summed E-state index contributed by atoms with van der Waals surface area (Å²) in [7, 11) is 1.82. The molecule has 0 spiro atoms. The summed E-state index contributed by atoms with van der Waals surface area (Å²) >= 11 is 0. The molecule has 1 heterocycles. The van der Waals surface area contributed by atoms with Crippen molar-refractivity contribution < 1.29 is 9.21 Å². The van der Waals surface area contributed by atoms with Crippen LogP contribution >= 0.6 is 0 Å². The predicted molar refractivity (Wildman–Crippen MR) is 103 cm³/mol. The maximum absolute atomic E-state index is 12.6. The average Bonchev–Trinajstić information content (AvgIpc) is 3.03. The first-order valence-corrected chi connectivity index (χ1v) is 8.90. The maximum Gasteiger partial charge on any atom is 0.228 e. The summed E-state index contributed by atoms with van der Waals surface area (Å²) in [6.07, 6.45) is 1.26. The Morgan fingerprint density at radius 2 is 1.69 bits per heavy atom. The lowest BCUT2D eigenvalue weighted by Gasteiger charge is -2.17. The Morgan fingerprint density at radius 1 is 1.04 bits per heavy atom. The van der Waals surface area contributed by atoms with Crippen molar-refractivity contribution in [2.75, 3.05) is 7.05 Å². The Morgan fingerprint density at radius 3 is 2.35 bits per heavy atom. The number of nitrogens with zero attached hydrogens (tertiary/aromatic N) is 2. The predicted octanol–water partition coefficient (Wildman–Crippen LogP) is 4.41. The van der Waals surface area contributed by atoms with Crippen LogP contribution in [-0.2, 0) is 24.2 Å². The number of hydrogen-bond acceptors (Lipinski definition) is 3. The molecule has 26 heavy (non-hydrogen) atoms. The molecule has 3 rings (SSSR count). The Bertz CT molecular complexity index is 867. The standard InChI is InChI=1S/C22H24N2O2/c1-4-17-10-12-18(13-11-17)15-24(3)21(25)14-20-16(2)26-22(23-20)19-8-6-5-7-9-19/h5-13H,4,14-15H2,1-3H3. The van der Waals surface area contributed by atoms with Gasteiger partial charge in [-0.25, -0.2) is 4.98 Å². The van der Waals surface area contributed by atoms with E-state index in [0.29, 0.717) is 23.9 Å². The number of amides is 1. The van der Waals surface area contributed by atoms with Gasteiger partial charge in [0.05, 0.1) is 12.1 Å². The summed E-state index contributed by atoms with van der Waals surface area (Å²) in [4.78, 5) is 18.8. The van der Waals surface area contributed by atoms with E-state index in [0.717, 1.165) is 17.5 Å². The van der Waals surface area contributed by atoms with Crippen molar-refractivity contribution in [3.8, 4) is 11.5 Å². The molecular formula is C22H24N2O2.